The molecule has 0 fully saturated rings. The molecule has 0 saturated carbocycles. The number of carbonyl (C=O) groups excluding carboxylic acids is 1. The number of halogens is 1. The molecule has 0 amide bonds. The summed E-state index contributed by atoms with van der Waals surface area (Å²) in [4.78, 5) is 25.8. The van der Waals surface area contributed by atoms with Gasteiger partial charge < -0.3 is 14.6 Å². The van der Waals surface area contributed by atoms with E-state index in [1.165, 1.54) is 34.5 Å². The molecule has 0 bridgehead atoms. The topological polar surface area (TPSA) is 89.1 Å². The molecular formula is C40H37ClN4O4. The Morgan fingerprint density at radius 3 is 2.43 bits per heavy atom. The Hall–Kier alpha value is -5.07. The normalized spacial score (nSPS) is 15.1. The van der Waals surface area contributed by atoms with Gasteiger partial charge in [-0.25, -0.2) is 4.85 Å². The first-order valence-electron chi connectivity index (χ1n) is 16.0. The van der Waals surface area contributed by atoms with E-state index < -0.39 is 0 Å². The molecule has 6 rings (SSSR count). The van der Waals surface area contributed by atoms with Gasteiger partial charge >= 0.3 is 0 Å². The summed E-state index contributed by atoms with van der Waals surface area (Å²) in [5.41, 5.74) is 11.2. The third-order valence-corrected chi connectivity index (χ3v) is 9.90. The first-order chi connectivity index (χ1) is 23.7. The average Bonchev–Trinajstić information content (AvgIpc) is 3.50. The first kappa shape index (κ1) is 33.8. The Morgan fingerprint density at radius 2 is 1.69 bits per heavy atom. The van der Waals surface area contributed by atoms with Crippen molar-refractivity contribution in [2.75, 3.05) is 20.7 Å². The van der Waals surface area contributed by atoms with Gasteiger partial charge in [0.2, 0.25) is 17.4 Å². The summed E-state index contributed by atoms with van der Waals surface area (Å²) in [5.74, 6) is 0.227. The molecule has 49 heavy (non-hydrogen) atoms. The number of likely N-dealkylation sites (N-methyl/N-ethyl adjacent to an activating group) is 1. The molecule has 0 unspecified atom stereocenters. The highest BCUT2D eigenvalue weighted by molar-refractivity contribution is 6.32. The summed E-state index contributed by atoms with van der Waals surface area (Å²) in [5, 5.41) is 10.5. The number of aromatic nitrogens is 2. The minimum absolute atomic E-state index is 0.0653. The van der Waals surface area contributed by atoms with Crippen molar-refractivity contribution in [1.82, 2.24) is 14.9 Å². The molecule has 3 aromatic carbocycles. The molecule has 5 aromatic rings. The quantitative estimate of drug-likeness (QED) is 0.112. The molecule has 0 saturated heterocycles. The molecule has 0 radical (unpaired) electrons. The van der Waals surface area contributed by atoms with Gasteiger partial charge in [0.05, 0.1) is 24.3 Å². The number of nitrogens with zero attached hydrogens (tertiary/aromatic N) is 4. The van der Waals surface area contributed by atoms with E-state index in [1.54, 1.807) is 12.3 Å². The van der Waals surface area contributed by atoms with Gasteiger partial charge in [-0.3, -0.25) is 14.7 Å². The van der Waals surface area contributed by atoms with Gasteiger partial charge in [0.25, 0.3) is 0 Å². The van der Waals surface area contributed by atoms with Crippen LogP contribution >= 0.6 is 11.6 Å². The molecule has 0 aliphatic heterocycles. The number of benzene rings is 3. The standard InChI is InChI=1S/C40H37ClN4O4/c1-25-30(23-49-39-37(41)18-31(21-46)38(44-39)48-22-27-16-32(42-3)20-43-19-27)8-6-10-34(25)35-11-7-9-33(26(35)2)28-12-13-36-29(17-28)14-15-40(36,24-47)45(4)5/h6-13,16-21,47H,14-15,22-24H2,1-2,4-5H3/t40-/m0/s1. The van der Waals surface area contributed by atoms with Crippen LogP contribution in [0.2, 0.25) is 5.02 Å². The predicted molar refractivity (Wildman–Crippen MR) is 191 cm³/mol. The SMILES string of the molecule is [C-]#[N+]c1cncc(COc2nc(OCc3cccc(-c4cccc(-c5ccc6c(c5)CC[C@@]6(CO)N(C)C)c4C)c3C)c(Cl)cc2C=O)c1. The van der Waals surface area contributed by atoms with Crippen molar-refractivity contribution >= 4 is 23.6 Å². The van der Waals surface area contributed by atoms with Crippen LogP contribution in [0.25, 0.3) is 27.1 Å². The first-order valence-corrected chi connectivity index (χ1v) is 16.4. The maximum atomic E-state index is 11.8. The lowest BCUT2D eigenvalue weighted by Gasteiger charge is -2.35. The molecule has 1 atom stereocenters. The second-order valence-electron chi connectivity index (χ2n) is 12.6. The zero-order valence-corrected chi connectivity index (χ0v) is 28.7. The molecule has 8 nitrogen and oxygen atoms in total. The number of fused-ring (bicyclic) bond motifs is 1. The van der Waals surface area contributed by atoms with Crippen molar-refractivity contribution in [3.8, 4) is 34.0 Å². The van der Waals surface area contributed by atoms with E-state index in [0.717, 1.165) is 40.7 Å². The zero-order chi connectivity index (χ0) is 34.7. The lowest BCUT2D eigenvalue weighted by Crippen LogP contribution is -2.42. The van der Waals surface area contributed by atoms with Gasteiger partial charge in [-0.2, -0.15) is 4.98 Å². The highest BCUT2D eigenvalue weighted by Gasteiger charge is 2.40. The van der Waals surface area contributed by atoms with E-state index in [-0.39, 0.29) is 47.7 Å². The highest BCUT2D eigenvalue weighted by atomic mass is 35.5. The van der Waals surface area contributed by atoms with Gasteiger partial charge in [0.1, 0.15) is 18.2 Å². The second-order valence-corrected chi connectivity index (χ2v) is 13.0. The molecule has 0 spiro atoms. The fraction of sp³-hybridized carbons (Fsp3) is 0.250. The third-order valence-electron chi connectivity index (χ3n) is 9.63. The summed E-state index contributed by atoms with van der Waals surface area (Å²) >= 11 is 6.48. The van der Waals surface area contributed by atoms with Crippen LogP contribution in [0.4, 0.5) is 5.69 Å². The van der Waals surface area contributed by atoms with Crippen LogP contribution in [0.15, 0.2) is 79.1 Å². The van der Waals surface area contributed by atoms with Crippen molar-refractivity contribution in [2.24, 2.45) is 0 Å². The highest BCUT2D eigenvalue weighted by Crippen LogP contribution is 2.43. The Morgan fingerprint density at radius 1 is 0.959 bits per heavy atom. The van der Waals surface area contributed by atoms with Gasteiger partial charge in [0, 0.05) is 12.4 Å². The number of aryl methyl sites for hydroxylation is 1. The maximum Gasteiger partial charge on any atom is 0.236 e. The van der Waals surface area contributed by atoms with Crippen LogP contribution in [0.5, 0.6) is 11.8 Å². The Balaban J connectivity index is 1.24. The van der Waals surface area contributed by atoms with E-state index in [2.05, 4.69) is 76.0 Å². The number of ether oxygens (including phenoxy) is 2. The van der Waals surface area contributed by atoms with Crippen LogP contribution in [0.1, 0.15) is 50.2 Å². The molecular weight excluding hydrogens is 636 g/mol. The largest absolute Gasteiger partial charge is 0.472 e. The number of hydrogen-bond acceptors (Lipinski definition) is 7. The lowest BCUT2D eigenvalue weighted by atomic mass is 9.87. The maximum absolute atomic E-state index is 11.8. The van der Waals surface area contributed by atoms with E-state index >= 15 is 0 Å². The number of rotatable bonds is 11. The number of carbonyl (C=O) groups is 1. The summed E-state index contributed by atoms with van der Waals surface area (Å²) < 4.78 is 12.0. The van der Waals surface area contributed by atoms with Crippen LogP contribution in [0, 0.1) is 20.4 Å². The third kappa shape index (κ3) is 6.53. The van der Waals surface area contributed by atoms with Crippen LogP contribution in [-0.4, -0.2) is 47.0 Å². The van der Waals surface area contributed by atoms with Crippen LogP contribution in [0.3, 0.4) is 0 Å². The number of hydrogen-bond donors (Lipinski definition) is 1. The van der Waals surface area contributed by atoms with E-state index in [9.17, 15) is 9.90 Å². The molecule has 1 aliphatic rings. The number of aliphatic hydroxyl groups is 1. The molecule has 2 aromatic heterocycles. The molecule has 2 heterocycles. The Labute approximate surface area is 291 Å². The van der Waals surface area contributed by atoms with Gasteiger partial charge in [-0.15, -0.1) is 0 Å². The van der Waals surface area contributed by atoms with E-state index in [1.807, 2.05) is 26.2 Å². The van der Waals surface area contributed by atoms with Crippen molar-refractivity contribution in [1.29, 1.82) is 0 Å². The Bertz CT molecular complexity index is 2090. The summed E-state index contributed by atoms with van der Waals surface area (Å²) in [6, 6.07) is 22.3. The zero-order valence-electron chi connectivity index (χ0n) is 28.0. The fourth-order valence-corrected chi connectivity index (χ4v) is 6.94. The van der Waals surface area contributed by atoms with Crippen LogP contribution in [-0.2, 0) is 25.2 Å². The lowest BCUT2D eigenvalue weighted by molar-refractivity contribution is 0.0674. The fourth-order valence-electron chi connectivity index (χ4n) is 6.72. The minimum Gasteiger partial charge on any atom is -0.472 e. The smallest absolute Gasteiger partial charge is 0.236 e. The van der Waals surface area contributed by atoms with Crippen LogP contribution < -0.4 is 9.47 Å². The second kappa shape index (κ2) is 14.2. The summed E-state index contributed by atoms with van der Waals surface area (Å²) in [6.07, 6.45) is 5.52. The monoisotopic (exact) mass is 672 g/mol. The van der Waals surface area contributed by atoms with Gasteiger partial charge in [0.15, 0.2) is 6.29 Å². The number of pyridine rings is 2. The Kier molecular flexibility index (Phi) is 9.79. The van der Waals surface area contributed by atoms with Gasteiger partial charge in [-0.05, 0) is 109 Å². The van der Waals surface area contributed by atoms with Crippen molar-refractivity contribution in [3.05, 3.63) is 135 Å². The average molecular weight is 673 g/mol. The number of aliphatic hydroxyl groups excluding tert-OH is 1. The van der Waals surface area contributed by atoms with Crippen molar-refractivity contribution < 1.29 is 19.4 Å². The van der Waals surface area contributed by atoms with E-state index in [4.69, 9.17) is 27.6 Å². The molecule has 1 aliphatic carbocycles. The number of aldehydes is 1. The van der Waals surface area contributed by atoms with E-state index in [0.29, 0.717) is 17.5 Å². The molecule has 1 N–H and O–H groups in total. The van der Waals surface area contributed by atoms with Crippen molar-refractivity contribution in [2.45, 2.75) is 45.4 Å². The summed E-state index contributed by atoms with van der Waals surface area (Å²) in [7, 11) is 4.07. The molecule has 9 heteroatoms. The minimum atomic E-state index is -0.334. The summed E-state index contributed by atoms with van der Waals surface area (Å²) in [6.45, 7) is 11.8. The van der Waals surface area contributed by atoms with Crippen molar-refractivity contribution in [3.63, 3.8) is 0 Å². The predicted octanol–water partition coefficient (Wildman–Crippen LogP) is 8.30. The molecule has 248 valence electrons. The van der Waals surface area contributed by atoms with Gasteiger partial charge in [-0.1, -0.05) is 66.2 Å².